The zero-order valence-corrected chi connectivity index (χ0v) is 12.7. The lowest BCUT2D eigenvalue weighted by atomic mass is 10.2. The Hall–Kier alpha value is -0.750. The fourth-order valence-electron chi connectivity index (χ4n) is 1.90. The maximum absolute atomic E-state index is 5.79. The van der Waals surface area contributed by atoms with Crippen LogP contribution in [0.5, 0.6) is 0 Å². The number of aryl methyl sites for hydroxylation is 2. The first-order valence-corrected chi connectivity index (χ1v) is 7.25. The summed E-state index contributed by atoms with van der Waals surface area (Å²) >= 11 is 6.94. The van der Waals surface area contributed by atoms with Crippen molar-refractivity contribution in [1.82, 2.24) is 9.78 Å². The van der Waals surface area contributed by atoms with Gasteiger partial charge in [-0.25, -0.2) is 0 Å². The summed E-state index contributed by atoms with van der Waals surface area (Å²) in [6, 6.07) is 0.410. The van der Waals surface area contributed by atoms with Gasteiger partial charge in [0.2, 0.25) is 0 Å². The van der Waals surface area contributed by atoms with Crippen LogP contribution in [0.4, 0.5) is 5.82 Å². The van der Waals surface area contributed by atoms with E-state index in [1.165, 1.54) is 0 Å². The quantitative estimate of drug-likeness (QED) is 0.824. The van der Waals surface area contributed by atoms with E-state index in [1.54, 1.807) is 0 Å². The van der Waals surface area contributed by atoms with Gasteiger partial charge in [0.25, 0.3) is 0 Å². The van der Waals surface area contributed by atoms with Gasteiger partial charge in [0.1, 0.15) is 10.8 Å². The molecule has 0 fully saturated rings. The molecule has 0 bridgehead atoms. The third-order valence-electron chi connectivity index (χ3n) is 2.84. The van der Waals surface area contributed by atoms with Gasteiger partial charge < -0.3 is 10.6 Å². The van der Waals surface area contributed by atoms with Gasteiger partial charge in [0.15, 0.2) is 0 Å². The Morgan fingerprint density at radius 3 is 2.71 bits per heavy atom. The summed E-state index contributed by atoms with van der Waals surface area (Å²) in [7, 11) is 3.98. The number of rotatable bonds is 5. The lowest BCUT2D eigenvalue weighted by Gasteiger charge is -2.27. The van der Waals surface area contributed by atoms with Crippen molar-refractivity contribution >= 4 is 34.8 Å². The molecule has 4 nitrogen and oxygen atoms in total. The number of nitrogens with two attached hydrogens (primary N) is 1. The van der Waals surface area contributed by atoms with E-state index in [4.69, 9.17) is 18.0 Å². The van der Waals surface area contributed by atoms with Gasteiger partial charge in [-0.1, -0.05) is 12.2 Å². The van der Waals surface area contributed by atoms with Crippen molar-refractivity contribution in [2.24, 2.45) is 12.8 Å². The molecule has 1 atom stereocenters. The van der Waals surface area contributed by atoms with Crippen molar-refractivity contribution < 1.29 is 0 Å². The van der Waals surface area contributed by atoms with Crippen molar-refractivity contribution in [3.63, 3.8) is 0 Å². The molecule has 1 rings (SSSR count). The second-order valence-corrected chi connectivity index (χ2v) is 5.54. The summed E-state index contributed by atoms with van der Waals surface area (Å²) in [4.78, 5) is 2.60. The maximum Gasteiger partial charge on any atom is 0.137 e. The lowest BCUT2D eigenvalue weighted by Crippen LogP contribution is -2.34. The van der Waals surface area contributed by atoms with Gasteiger partial charge in [-0.15, -0.1) is 0 Å². The van der Waals surface area contributed by atoms with Gasteiger partial charge in [0.05, 0.1) is 11.3 Å². The zero-order chi connectivity index (χ0) is 13.2. The maximum atomic E-state index is 5.79. The Morgan fingerprint density at radius 1 is 1.65 bits per heavy atom. The van der Waals surface area contributed by atoms with Crippen LogP contribution in [0.2, 0.25) is 0 Å². The summed E-state index contributed by atoms with van der Waals surface area (Å²) in [5.41, 5.74) is 7.56. The number of hydrogen-bond donors (Lipinski definition) is 1. The summed E-state index contributed by atoms with van der Waals surface area (Å²) in [5, 5.41) is 4.40. The van der Waals surface area contributed by atoms with Crippen LogP contribution in [-0.2, 0) is 7.05 Å². The molecule has 0 saturated carbocycles. The standard InChI is InChI=1S/C11H20N4S2/c1-7(6-17-5)14(3)11-9(10(12)16)8(2)13-15(11)4/h7H,6H2,1-5H3,(H2,12,16). The van der Waals surface area contributed by atoms with Crippen LogP contribution in [0.25, 0.3) is 0 Å². The Balaban J connectivity index is 3.16. The van der Waals surface area contributed by atoms with E-state index >= 15 is 0 Å². The molecule has 0 amide bonds. The molecule has 96 valence electrons. The third-order valence-corrected chi connectivity index (χ3v) is 3.86. The molecule has 0 radical (unpaired) electrons. The van der Waals surface area contributed by atoms with E-state index in [2.05, 4.69) is 30.2 Å². The van der Waals surface area contributed by atoms with Crippen molar-refractivity contribution in [2.45, 2.75) is 19.9 Å². The summed E-state index contributed by atoms with van der Waals surface area (Å²) in [6.45, 7) is 4.12. The van der Waals surface area contributed by atoms with Crippen molar-refractivity contribution in [2.75, 3.05) is 24.0 Å². The highest BCUT2D eigenvalue weighted by atomic mass is 32.2. The molecule has 17 heavy (non-hydrogen) atoms. The molecule has 0 spiro atoms. The van der Waals surface area contributed by atoms with Gasteiger partial charge in [-0.3, -0.25) is 4.68 Å². The van der Waals surface area contributed by atoms with Crippen molar-refractivity contribution in [1.29, 1.82) is 0 Å². The second-order valence-electron chi connectivity index (χ2n) is 4.19. The minimum atomic E-state index is 0.410. The minimum Gasteiger partial charge on any atom is -0.389 e. The molecule has 0 saturated heterocycles. The van der Waals surface area contributed by atoms with Gasteiger partial charge in [-0.05, 0) is 20.1 Å². The van der Waals surface area contributed by atoms with Crippen LogP contribution >= 0.6 is 24.0 Å². The smallest absolute Gasteiger partial charge is 0.137 e. The summed E-state index contributed by atoms with van der Waals surface area (Å²) < 4.78 is 1.85. The van der Waals surface area contributed by atoms with Crippen LogP contribution in [0.3, 0.4) is 0 Å². The predicted molar refractivity (Wildman–Crippen MR) is 80.1 cm³/mol. The minimum absolute atomic E-state index is 0.410. The first kappa shape index (κ1) is 14.3. The Labute approximate surface area is 113 Å². The number of aromatic nitrogens is 2. The van der Waals surface area contributed by atoms with E-state index in [9.17, 15) is 0 Å². The molecule has 1 aromatic heterocycles. The molecule has 6 heteroatoms. The van der Waals surface area contributed by atoms with Gasteiger partial charge in [0, 0.05) is 25.9 Å². The molecule has 1 unspecified atom stereocenters. The number of hydrogen-bond acceptors (Lipinski definition) is 4. The lowest BCUT2D eigenvalue weighted by molar-refractivity contribution is 0.686. The number of nitrogens with zero attached hydrogens (tertiary/aromatic N) is 3. The fourth-order valence-corrected chi connectivity index (χ4v) is 2.85. The predicted octanol–water partition coefficient (Wildman–Crippen LogP) is 1.55. The Morgan fingerprint density at radius 2 is 2.24 bits per heavy atom. The molecule has 0 aliphatic carbocycles. The first-order valence-electron chi connectivity index (χ1n) is 5.45. The highest BCUT2D eigenvalue weighted by Crippen LogP contribution is 2.24. The molecule has 0 aliphatic rings. The first-order chi connectivity index (χ1) is 7.90. The van der Waals surface area contributed by atoms with E-state index < -0.39 is 0 Å². The van der Waals surface area contributed by atoms with Crippen LogP contribution in [-0.4, -0.2) is 39.9 Å². The van der Waals surface area contributed by atoms with Crippen molar-refractivity contribution in [3.8, 4) is 0 Å². The van der Waals surface area contributed by atoms with Gasteiger partial charge in [-0.2, -0.15) is 16.9 Å². The van der Waals surface area contributed by atoms with Gasteiger partial charge >= 0.3 is 0 Å². The average molecular weight is 272 g/mol. The monoisotopic (exact) mass is 272 g/mol. The number of thioether (sulfide) groups is 1. The van der Waals surface area contributed by atoms with Crippen LogP contribution in [0, 0.1) is 6.92 Å². The second kappa shape index (κ2) is 5.73. The van der Waals surface area contributed by atoms with Crippen LogP contribution in [0.1, 0.15) is 18.2 Å². The molecule has 1 heterocycles. The molecular weight excluding hydrogens is 252 g/mol. The Bertz CT molecular complexity index is 414. The van der Waals surface area contributed by atoms with E-state index in [1.807, 2.05) is 30.4 Å². The molecule has 2 N–H and O–H groups in total. The zero-order valence-electron chi connectivity index (χ0n) is 11.0. The molecule has 1 aromatic rings. The summed E-state index contributed by atoms with van der Waals surface area (Å²) in [6.07, 6.45) is 2.10. The van der Waals surface area contributed by atoms with Crippen LogP contribution in [0.15, 0.2) is 0 Å². The van der Waals surface area contributed by atoms with E-state index in [-0.39, 0.29) is 0 Å². The topological polar surface area (TPSA) is 47.1 Å². The van der Waals surface area contributed by atoms with Crippen LogP contribution < -0.4 is 10.6 Å². The van der Waals surface area contributed by atoms with E-state index in [0.29, 0.717) is 11.0 Å². The number of anilines is 1. The SMILES string of the molecule is CSCC(C)N(C)c1c(C(N)=S)c(C)nn1C. The largest absolute Gasteiger partial charge is 0.389 e. The highest BCUT2D eigenvalue weighted by molar-refractivity contribution is 7.98. The molecule has 0 aliphatic heterocycles. The fraction of sp³-hybridized carbons (Fsp3) is 0.636. The summed E-state index contributed by atoms with van der Waals surface area (Å²) in [5.74, 6) is 2.05. The average Bonchev–Trinajstić information content (AvgIpc) is 2.52. The molecular formula is C11H20N4S2. The number of thiocarbonyl (C=S) groups is 1. The normalized spacial score (nSPS) is 12.5. The third kappa shape index (κ3) is 2.93. The van der Waals surface area contributed by atoms with E-state index in [0.717, 1.165) is 22.8 Å². The highest BCUT2D eigenvalue weighted by Gasteiger charge is 2.21. The Kier molecular flexibility index (Phi) is 4.82. The molecule has 0 aromatic carbocycles. The van der Waals surface area contributed by atoms with Crippen molar-refractivity contribution in [3.05, 3.63) is 11.3 Å².